The number of rotatable bonds is 2. The van der Waals surface area contributed by atoms with Crippen LogP contribution in [0.5, 0.6) is 0 Å². The number of carbonyl (C=O) groups is 1. The van der Waals surface area contributed by atoms with Crippen LogP contribution in [0, 0.1) is 0 Å². The molecule has 1 aliphatic heterocycles. The van der Waals surface area contributed by atoms with Crippen molar-refractivity contribution in [3.63, 3.8) is 0 Å². The molecule has 2 aliphatic rings. The highest BCUT2D eigenvalue weighted by molar-refractivity contribution is 8.22. The molecule has 1 aromatic carbocycles. The summed E-state index contributed by atoms with van der Waals surface area (Å²) in [7, 11) is -0.223. The Morgan fingerprint density at radius 2 is 2.06 bits per heavy atom. The predicted octanol–water partition coefficient (Wildman–Crippen LogP) is 3.71. The average molecular weight is 244 g/mol. The molecule has 0 saturated heterocycles. The lowest BCUT2D eigenvalue weighted by atomic mass is 9.84. The van der Waals surface area contributed by atoms with Crippen molar-refractivity contribution in [3.05, 3.63) is 52.3 Å². The van der Waals surface area contributed by atoms with Crippen LogP contribution in [0.25, 0.3) is 0 Å². The van der Waals surface area contributed by atoms with E-state index in [1.165, 1.54) is 16.0 Å². The Morgan fingerprint density at radius 3 is 2.82 bits per heavy atom. The normalized spacial score (nSPS) is 23.8. The van der Waals surface area contributed by atoms with Crippen LogP contribution in [0.2, 0.25) is 0 Å². The predicted molar refractivity (Wildman–Crippen MR) is 73.7 cm³/mol. The summed E-state index contributed by atoms with van der Waals surface area (Å²) in [6, 6.07) is 6.69. The molecule has 0 radical (unpaired) electrons. The highest BCUT2D eigenvalue weighted by atomic mass is 32.2. The van der Waals surface area contributed by atoms with Crippen molar-refractivity contribution in [1.29, 1.82) is 0 Å². The second-order valence-corrected chi connectivity index (χ2v) is 6.54. The number of benzene rings is 1. The maximum Gasteiger partial charge on any atom is 0.127 e. The van der Waals surface area contributed by atoms with Gasteiger partial charge in [-0.15, -0.1) is 0 Å². The van der Waals surface area contributed by atoms with Crippen LogP contribution >= 0.6 is 10.9 Å². The van der Waals surface area contributed by atoms with Crippen LogP contribution in [0.15, 0.2) is 46.1 Å². The van der Waals surface area contributed by atoms with Gasteiger partial charge in [0, 0.05) is 5.92 Å². The monoisotopic (exact) mass is 244 g/mol. The molecule has 0 amide bonds. The number of hydrogen-bond acceptors (Lipinski definition) is 1. The quantitative estimate of drug-likeness (QED) is 0.620. The molecular formula is C15H16OS. The van der Waals surface area contributed by atoms with E-state index in [0.717, 1.165) is 25.5 Å². The lowest BCUT2D eigenvalue weighted by Gasteiger charge is -2.23. The molecule has 1 aliphatic carbocycles. The van der Waals surface area contributed by atoms with Crippen LogP contribution < -0.4 is 0 Å². The van der Waals surface area contributed by atoms with E-state index in [4.69, 9.17) is 0 Å². The number of fused-ring (bicyclic) bond motifs is 1. The van der Waals surface area contributed by atoms with E-state index in [9.17, 15) is 4.79 Å². The van der Waals surface area contributed by atoms with E-state index in [2.05, 4.69) is 41.2 Å². The van der Waals surface area contributed by atoms with Gasteiger partial charge in [-0.3, -0.25) is 0 Å². The number of carbonyl (C=O) groups excluding carboxylic acids is 1. The highest BCUT2D eigenvalue weighted by Gasteiger charge is 2.20. The lowest BCUT2D eigenvalue weighted by molar-refractivity contribution is -0.109. The van der Waals surface area contributed by atoms with Gasteiger partial charge in [0.05, 0.1) is 0 Å². The average Bonchev–Trinajstić information content (AvgIpc) is 2.91. The first-order valence-corrected chi connectivity index (χ1v) is 7.58. The summed E-state index contributed by atoms with van der Waals surface area (Å²) in [5.74, 6) is 0.134. The SMILES string of the molecule is O=CC1CCCc2cc([SH]3C=CC=C3)ccc21. The maximum atomic E-state index is 11.0. The maximum absolute atomic E-state index is 11.0. The molecule has 1 aromatic rings. The van der Waals surface area contributed by atoms with Crippen molar-refractivity contribution in [2.24, 2.45) is 0 Å². The minimum Gasteiger partial charge on any atom is -0.303 e. The number of thiol groups is 1. The van der Waals surface area contributed by atoms with Gasteiger partial charge in [-0.05, 0) is 58.2 Å². The van der Waals surface area contributed by atoms with Crippen LogP contribution in [-0.4, -0.2) is 6.29 Å². The fourth-order valence-corrected chi connectivity index (χ4v) is 4.21. The Kier molecular flexibility index (Phi) is 2.89. The van der Waals surface area contributed by atoms with Crippen molar-refractivity contribution in [1.82, 2.24) is 0 Å². The van der Waals surface area contributed by atoms with Crippen molar-refractivity contribution < 1.29 is 4.79 Å². The summed E-state index contributed by atoms with van der Waals surface area (Å²) in [5, 5.41) is 4.55. The molecule has 3 rings (SSSR count). The van der Waals surface area contributed by atoms with Crippen LogP contribution in [0.3, 0.4) is 0 Å². The molecule has 0 fully saturated rings. The molecule has 1 atom stereocenters. The first-order chi connectivity index (χ1) is 8.38. The zero-order valence-electron chi connectivity index (χ0n) is 9.67. The van der Waals surface area contributed by atoms with Gasteiger partial charge in [-0.25, -0.2) is 0 Å². The zero-order valence-corrected chi connectivity index (χ0v) is 10.6. The standard InChI is InChI=1S/C15H16OS/c16-11-13-5-3-4-12-10-14(6-7-15(12)13)17-8-1-2-9-17/h1-2,6-11,13,17H,3-5H2. The summed E-state index contributed by atoms with van der Waals surface area (Å²) in [5.41, 5.74) is 2.65. The van der Waals surface area contributed by atoms with Gasteiger partial charge in [0.15, 0.2) is 0 Å². The summed E-state index contributed by atoms with van der Waals surface area (Å²) in [4.78, 5) is 12.5. The zero-order chi connectivity index (χ0) is 11.7. The van der Waals surface area contributed by atoms with Gasteiger partial charge >= 0.3 is 0 Å². The van der Waals surface area contributed by atoms with Crippen LogP contribution in [0.4, 0.5) is 0 Å². The number of aldehydes is 1. The Morgan fingerprint density at radius 1 is 1.24 bits per heavy atom. The fraction of sp³-hybridized carbons (Fsp3) is 0.267. The molecule has 17 heavy (non-hydrogen) atoms. The topological polar surface area (TPSA) is 17.1 Å². The number of aryl methyl sites for hydroxylation is 1. The largest absolute Gasteiger partial charge is 0.303 e. The van der Waals surface area contributed by atoms with E-state index < -0.39 is 0 Å². The second kappa shape index (κ2) is 4.53. The Labute approximate surface area is 105 Å². The fourth-order valence-electron chi connectivity index (χ4n) is 2.65. The summed E-state index contributed by atoms with van der Waals surface area (Å²) >= 11 is 0. The first kappa shape index (κ1) is 10.8. The molecule has 0 bridgehead atoms. The van der Waals surface area contributed by atoms with E-state index in [0.29, 0.717) is 0 Å². The third kappa shape index (κ3) is 1.98. The van der Waals surface area contributed by atoms with Crippen molar-refractivity contribution in [2.75, 3.05) is 0 Å². The molecule has 0 saturated carbocycles. The van der Waals surface area contributed by atoms with E-state index in [-0.39, 0.29) is 16.8 Å². The molecule has 0 aromatic heterocycles. The summed E-state index contributed by atoms with van der Waals surface area (Å²) in [6.45, 7) is 0. The Bertz CT molecular complexity index is 490. The van der Waals surface area contributed by atoms with E-state index in [1.54, 1.807) is 0 Å². The lowest BCUT2D eigenvalue weighted by Crippen LogP contribution is -2.10. The third-order valence-corrected chi connectivity index (χ3v) is 5.42. The molecule has 1 nitrogen and oxygen atoms in total. The van der Waals surface area contributed by atoms with Crippen LogP contribution in [-0.2, 0) is 11.2 Å². The van der Waals surface area contributed by atoms with Gasteiger partial charge in [0.1, 0.15) is 6.29 Å². The van der Waals surface area contributed by atoms with E-state index in [1.807, 2.05) is 0 Å². The number of hydrogen-bond donors (Lipinski definition) is 1. The molecular weight excluding hydrogens is 228 g/mol. The minimum absolute atomic E-state index is 0.134. The van der Waals surface area contributed by atoms with Gasteiger partial charge in [-0.1, -0.05) is 18.2 Å². The first-order valence-electron chi connectivity index (χ1n) is 6.10. The highest BCUT2D eigenvalue weighted by Crippen LogP contribution is 2.44. The van der Waals surface area contributed by atoms with Gasteiger partial charge in [0.25, 0.3) is 0 Å². The minimum atomic E-state index is -0.223. The van der Waals surface area contributed by atoms with Gasteiger partial charge < -0.3 is 4.79 Å². The summed E-state index contributed by atoms with van der Waals surface area (Å²) in [6.07, 6.45) is 8.65. The molecule has 0 spiro atoms. The molecule has 1 unspecified atom stereocenters. The van der Waals surface area contributed by atoms with Crippen molar-refractivity contribution in [2.45, 2.75) is 30.1 Å². The summed E-state index contributed by atoms with van der Waals surface area (Å²) < 4.78 is 0. The smallest absolute Gasteiger partial charge is 0.127 e. The molecule has 2 heteroatoms. The molecule has 0 N–H and O–H groups in total. The second-order valence-electron chi connectivity index (χ2n) is 4.61. The van der Waals surface area contributed by atoms with Crippen molar-refractivity contribution in [3.8, 4) is 0 Å². The van der Waals surface area contributed by atoms with Gasteiger partial charge in [-0.2, -0.15) is 10.9 Å². The Hall–Kier alpha value is -1.28. The molecule has 1 heterocycles. The number of allylic oxidation sites excluding steroid dienone is 2. The van der Waals surface area contributed by atoms with E-state index >= 15 is 0 Å². The third-order valence-electron chi connectivity index (χ3n) is 3.55. The van der Waals surface area contributed by atoms with Crippen molar-refractivity contribution >= 4 is 17.2 Å². The Balaban J connectivity index is 1.98. The molecule has 88 valence electrons. The van der Waals surface area contributed by atoms with Crippen LogP contribution in [0.1, 0.15) is 29.9 Å². The van der Waals surface area contributed by atoms with Gasteiger partial charge in [0.2, 0.25) is 0 Å².